The van der Waals surface area contributed by atoms with Crippen molar-refractivity contribution in [3.05, 3.63) is 82.9 Å². The maximum Gasteiger partial charge on any atom is 0.416 e. The van der Waals surface area contributed by atoms with E-state index in [0.29, 0.717) is 0 Å². The minimum absolute atomic E-state index is 0.0579. The second-order valence-corrected chi connectivity index (χ2v) is 6.12. The molecule has 0 radical (unpaired) electrons. The summed E-state index contributed by atoms with van der Waals surface area (Å²) >= 11 is 0. The number of hydrogen-bond donors (Lipinski definition) is 0. The van der Waals surface area contributed by atoms with E-state index in [0.717, 1.165) is 52.2 Å². The van der Waals surface area contributed by atoms with Crippen LogP contribution in [0.3, 0.4) is 0 Å². The Morgan fingerprint density at radius 1 is 1.03 bits per heavy atom. The van der Waals surface area contributed by atoms with Gasteiger partial charge in [0.2, 0.25) is 0 Å². The molecule has 29 heavy (non-hydrogen) atoms. The van der Waals surface area contributed by atoms with Crippen molar-refractivity contribution in [3.63, 3.8) is 0 Å². The van der Waals surface area contributed by atoms with Gasteiger partial charge in [-0.1, -0.05) is 12.1 Å². The molecule has 0 fully saturated rings. The SMILES string of the molecule is CN(C(=O)c1c(F)cccc1F)c1cnn(Cc2c(F)cccc2C(F)(F)F)c1. The summed E-state index contributed by atoms with van der Waals surface area (Å²) in [4.78, 5) is 13.3. The summed E-state index contributed by atoms with van der Waals surface area (Å²) < 4.78 is 81.9. The Kier molecular flexibility index (Phi) is 5.36. The first-order valence-electron chi connectivity index (χ1n) is 8.18. The van der Waals surface area contributed by atoms with Gasteiger partial charge in [-0.3, -0.25) is 9.48 Å². The lowest BCUT2D eigenvalue weighted by molar-refractivity contribution is -0.138. The maximum atomic E-state index is 14.0. The van der Waals surface area contributed by atoms with E-state index >= 15 is 0 Å². The summed E-state index contributed by atoms with van der Waals surface area (Å²) in [5.41, 5.74) is -2.49. The van der Waals surface area contributed by atoms with E-state index in [9.17, 15) is 31.1 Å². The van der Waals surface area contributed by atoms with Crippen LogP contribution in [0, 0.1) is 17.5 Å². The zero-order valence-electron chi connectivity index (χ0n) is 14.8. The van der Waals surface area contributed by atoms with Gasteiger partial charge in [0.15, 0.2) is 0 Å². The van der Waals surface area contributed by atoms with Crippen molar-refractivity contribution >= 4 is 11.6 Å². The molecule has 152 valence electrons. The van der Waals surface area contributed by atoms with E-state index in [-0.39, 0.29) is 5.69 Å². The van der Waals surface area contributed by atoms with Crippen LogP contribution in [0.25, 0.3) is 0 Å². The topological polar surface area (TPSA) is 38.1 Å². The predicted molar refractivity (Wildman–Crippen MR) is 91.8 cm³/mol. The number of hydrogen-bond acceptors (Lipinski definition) is 2. The molecule has 1 heterocycles. The first kappa shape index (κ1) is 20.4. The van der Waals surface area contributed by atoms with Crippen molar-refractivity contribution in [1.29, 1.82) is 0 Å². The van der Waals surface area contributed by atoms with Crippen LogP contribution in [0.15, 0.2) is 48.8 Å². The Balaban J connectivity index is 1.88. The van der Waals surface area contributed by atoms with Gasteiger partial charge >= 0.3 is 6.18 Å². The van der Waals surface area contributed by atoms with Gasteiger partial charge in [-0.05, 0) is 24.3 Å². The van der Waals surface area contributed by atoms with E-state index in [2.05, 4.69) is 5.10 Å². The first-order chi connectivity index (χ1) is 13.6. The van der Waals surface area contributed by atoms with Crippen LogP contribution < -0.4 is 4.90 Å². The van der Waals surface area contributed by atoms with Crippen LogP contribution in [0.5, 0.6) is 0 Å². The van der Waals surface area contributed by atoms with E-state index in [1.807, 2.05) is 0 Å². The molecule has 4 nitrogen and oxygen atoms in total. The van der Waals surface area contributed by atoms with Crippen LogP contribution in [0.1, 0.15) is 21.5 Å². The number of alkyl halides is 3. The predicted octanol–water partition coefficient (Wildman–Crippen LogP) is 4.64. The third-order valence-electron chi connectivity index (χ3n) is 4.23. The zero-order chi connectivity index (χ0) is 21.3. The number of nitrogens with zero attached hydrogens (tertiary/aromatic N) is 3. The van der Waals surface area contributed by atoms with Gasteiger partial charge in [0.05, 0.1) is 24.0 Å². The van der Waals surface area contributed by atoms with Crippen LogP contribution in [0.4, 0.5) is 32.0 Å². The van der Waals surface area contributed by atoms with Crippen molar-refractivity contribution in [3.8, 4) is 0 Å². The molecule has 0 spiro atoms. The van der Waals surface area contributed by atoms with E-state index in [4.69, 9.17) is 0 Å². The summed E-state index contributed by atoms with van der Waals surface area (Å²) in [5.74, 6) is -4.19. The van der Waals surface area contributed by atoms with Gasteiger partial charge in [0, 0.05) is 18.8 Å². The molecule has 0 aliphatic carbocycles. The standard InChI is InChI=1S/C19H13F6N3O/c1-27(18(29)17-15(21)6-3-7-16(17)22)11-8-26-28(9-11)10-12-13(19(23,24)25)4-2-5-14(12)20/h2-9H,10H2,1H3. The average molecular weight is 413 g/mol. The van der Waals surface area contributed by atoms with Crippen molar-refractivity contribution in [1.82, 2.24) is 9.78 Å². The molecule has 3 aromatic rings. The van der Waals surface area contributed by atoms with Gasteiger partial charge in [0.25, 0.3) is 5.91 Å². The number of carbonyl (C=O) groups is 1. The molecule has 0 unspecified atom stereocenters. The minimum atomic E-state index is -4.76. The van der Waals surface area contributed by atoms with E-state index in [1.165, 1.54) is 13.2 Å². The summed E-state index contributed by atoms with van der Waals surface area (Å²) in [6, 6.07) is 5.54. The van der Waals surface area contributed by atoms with Crippen LogP contribution >= 0.6 is 0 Å². The number of halogens is 6. The first-order valence-corrected chi connectivity index (χ1v) is 8.18. The second kappa shape index (κ2) is 7.61. The number of aromatic nitrogens is 2. The lowest BCUT2D eigenvalue weighted by atomic mass is 10.1. The van der Waals surface area contributed by atoms with Gasteiger partial charge in [0.1, 0.15) is 23.0 Å². The van der Waals surface area contributed by atoms with Crippen molar-refractivity contribution in [2.24, 2.45) is 0 Å². The highest BCUT2D eigenvalue weighted by Crippen LogP contribution is 2.33. The Bertz CT molecular complexity index is 1040. The lowest BCUT2D eigenvalue weighted by Gasteiger charge is -2.16. The van der Waals surface area contributed by atoms with Gasteiger partial charge in [-0.15, -0.1) is 0 Å². The van der Waals surface area contributed by atoms with Gasteiger partial charge < -0.3 is 4.90 Å². The minimum Gasteiger partial charge on any atom is -0.308 e. The van der Waals surface area contributed by atoms with Gasteiger partial charge in [-0.2, -0.15) is 18.3 Å². The van der Waals surface area contributed by atoms with E-state index in [1.54, 1.807) is 0 Å². The van der Waals surface area contributed by atoms with Crippen molar-refractivity contribution < 1.29 is 31.1 Å². The Hall–Kier alpha value is -3.30. The normalized spacial score (nSPS) is 11.6. The molecule has 0 saturated heterocycles. The third-order valence-corrected chi connectivity index (χ3v) is 4.23. The molecule has 1 aromatic heterocycles. The number of amides is 1. The lowest BCUT2D eigenvalue weighted by Crippen LogP contribution is -2.27. The maximum absolute atomic E-state index is 14.0. The molecule has 1 amide bonds. The number of carbonyl (C=O) groups excluding carboxylic acids is 1. The zero-order valence-corrected chi connectivity index (χ0v) is 14.8. The summed E-state index contributed by atoms with van der Waals surface area (Å²) in [7, 11) is 1.22. The molecule has 0 saturated carbocycles. The summed E-state index contributed by atoms with van der Waals surface area (Å²) in [5, 5.41) is 3.82. The summed E-state index contributed by atoms with van der Waals surface area (Å²) in [6.07, 6.45) is -2.48. The summed E-state index contributed by atoms with van der Waals surface area (Å²) in [6.45, 7) is -0.558. The molecule has 2 aromatic carbocycles. The number of benzene rings is 2. The highest BCUT2D eigenvalue weighted by Gasteiger charge is 2.34. The quantitative estimate of drug-likeness (QED) is 0.585. The fraction of sp³-hybridized carbons (Fsp3) is 0.158. The molecule has 0 aliphatic rings. The fourth-order valence-electron chi connectivity index (χ4n) is 2.75. The van der Waals surface area contributed by atoms with Crippen molar-refractivity contribution in [2.45, 2.75) is 12.7 Å². The monoisotopic (exact) mass is 413 g/mol. The number of rotatable bonds is 4. The highest BCUT2D eigenvalue weighted by molar-refractivity contribution is 6.05. The molecule has 0 bridgehead atoms. The fourth-order valence-corrected chi connectivity index (χ4v) is 2.75. The average Bonchev–Trinajstić information content (AvgIpc) is 3.10. The molecular weight excluding hydrogens is 400 g/mol. The Morgan fingerprint density at radius 3 is 2.24 bits per heavy atom. The molecule has 10 heteroatoms. The number of anilines is 1. The second-order valence-electron chi connectivity index (χ2n) is 6.12. The smallest absolute Gasteiger partial charge is 0.308 e. The molecule has 0 N–H and O–H groups in total. The molecule has 3 rings (SSSR count). The highest BCUT2D eigenvalue weighted by atomic mass is 19.4. The van der Waals surface area contributed by atoms with Crippen LogP contribution in [-0.4, -0.2) is 22.7 Å². The van der Waals surface area contributed by atoms with Crippen molar-refractivity contribution in [2.75, 3.05) is 11.9 Å². The molecule has 0 aliphatic heterocycles. The Morgan fingerprint density at radius 2 is 1.62 bits per heavy atom. The molecule has 0 atom stereocenters. The molecular formula is C19H13F6N3O. The Labute approximate surface area is 161 Å². The van der Waals surface area contributed by atoms with Crippen LogP contribution in [-0.2, 0) is 12.7 Å². The van der Waals surface area contributed by atoms with Crippen LogP contribution in [0.2, 0.25) is 0 Å². The largest absolute Gasteiger partial charge is 0.416 e. The van der Waals surface area contributed by atoms with Gasteiger partial charge in [-0.25, -0.2) is 13.2 Å². The van der Waals surface area contributed by atoms with E-state index < -0.39 is 52.8 Å². The third kappa shape index (κ3) is 4.10.